The summed E-state index contributed by atoms with van der Waals surface area (Å²) in [6.45, 7) is 4.47. The summed E-state index contributed by atoms with van der Waals surface area (Å²) in [5, 5.41) is 5.40. The lowest BCUT2D eigenvalue weighted by molar-refractivity contribution is 0.0954. The number of amides is 1. The number of anilines is 1. The molecule has 0 saturated heterocycles. The van der Waals surface area contributed by atoms with Gasteiger partial charge >= 0.3 is 0 Å². The second-order valence-corrected chi connectivity index (χ2v) is 5.90. The van der Waals surface area contributed by atoms with Gasteiger partial charge in [-0.05, 0) is 30.4 Å². The van der Waals surface area contributed by atoms with Crippen LogP contribution < -0.4 is 11.1 Å². The molecule has 0 unspecified atom stereocenters. The molecule has 0 radical (unpaired) electrons. The highest BCUT2D eigenvalue weighted by atomic mass is 32.1. The van der Waals surface area contributed by atoms with Crippen LogP contribution in [-0.2, 0) is 13.0 Å². The minimum Gasteiger partial charge on any atom is -0.375 e. The van der Waals surface area contributed by atoms with E-state index in [0.717, 1.165) is 6.42 Å². The molecule has 0 aliphatic heterocycles. The molecule has 1 amide bonds. The SMILES string of the molecule is CCc1ccsc1CNC(=O)c1sc(N)nc1C. The van der Waals surface area contributed by atoms with E-state index in [9.17, 15) is 4.79 Å². The second-order valence-electron chi connectivity index (χ2n) is 3.87. The number of hydrogen-bond donors (Lipinski definition) is 2. The molecule has 0 fully saturated rings. The Morgan fingerprint density at radius 3 is 2.94 bits per heavy atom. The fraction of sp³-hybridized carbons (Fsp3) is 0.333. The third-order valence-corrected chi connectivity index (χ3v) is 4.60. The fourth-order valence-corrected chi connectivity index (χ4v) is 3.37. The molecule has 2 aromatic heterocycles. The van der Waals surface area contributed by atoms with Crippen molar-refractivity contribution in [2.45, 2.75) is 26.8 Å². The van der Waals surface area contributed by atoms with Crippen LogP contribution in [0.2, 0.25) is 0 Å². The van der Waals surface area contributed by atoms with Crippen LogP contribution in [-0.4, -0.2) is 10.9 Å². The number of nitrogen functional groups attached to an aromatic ring is 1. The lowest BCUT2D eigenvalue weighted by Gasteiger charge is -2.04. The second kappa shape index (κ2) is 5.49. The van der Waals surface area contributed by atoms with Crippen molar-refractivity contribution in [1.29, 1.82) is 0 Å². The van der Waals surface area contributed by atoms with Gasteiger partial charge in [-0.15, -0.1) is 11.3 Å². The Bertz CT molecular complexity index is 559. The van der Waals surface area contributed by atoms with Gasteiger partial charge in [-0.3, -0.25) is 4.79 Å². The molecule has 0 aromatic carbocycles. The smallest absolute Gasteiger partial charge is 0.263 e. The molecule has 6 heteroatoms. The third-order valence-electron chi connectivity index (χ3n) is 2.65. The van der Waals surface area contributed by atoms with Crippen LogP contribution in [0.4, 0.5) is 5.13 Å². The molecule has 96 valence electrons. The predicted octanol–water partition coefficient (Wildman–Crippen LogP) is 2.59. The number of aryl methyl sites for hydroxylation is 2. The molecule has 0 saturated carbocycles. The number of carbonyl (C=O) groups excluding carboxylic acids is 1. The molecular weight excluding hydrogens is 266 g/mol. The maximum atomic E-state index is 12.0. The fourth-order valence-electron chi connectivity index (χ4n) is 1.71. The zero-order chi connectivity index (χ0) is 13.1. The zero-order valence-electron chi connectivity index (χ0n) is 10.3. The number of nitrogens with zero attached hydrogens (tertiary/aromatic N) is 1. The van der Waals surface area contributed by atoms with Crippen molar-refractivity contribution in [3.63, 3.8) is 0 Å². The molecule has 0 atom stereocenters. The van der Waals surface area contributed by atoms with Crippen LogP contribution in [0.1, 0.15) is 32.7 Å². The van der Waals surface area contributed by atoms with Crippen molar-refractivity contribution in [1.82, 2.24) is 10.3 Å². The minimum absolute atomic E-state index is 0.0999. The molecule has 4 nitrogen and oxygen atoms in total. The Hall–Kier alpha value is -1.40. The standard InChI is InChI=1S/C12H15N3OS2/c1-3-8-4-5-17-9(8)6-14-11(16)10-7(2)15-12(13)18-10/h4-5H,3,6H2,1-2H3,(H2,13,15)(H,14,16). The summed E-state index contributed by atoms with van der Waals surface area (Å²) in [5.74, 6) is -0.0999. The van der Waals surface area contributed by atoms with Crippen LogP contribution >= 0.6 is 22.7 Å². The zero-order valence-corrected chi connectivity index (χ0v) is 12.0. The van der Waals surface area contributed by atoms with E-state index >= 15 is 0 Å². The molecule has 0 spiro atoms. The first kappa shape index (κ1) is 13.0. The van der Waals surface area contributed by atoms with Gasteiger partial charge in [0.15, 0.2) is 5.13 Å². The molecule has 0 aliphatic rings. The van der Waals surface area contributed by atoms with E-state index in [0.29, 0.717) is 22.2 Å². The van der Waals surface area contributed by atoms with Crippen LogP contribution in [0.3, 0.4) is 0 Å². The highest BCUT2D eigenvalue weighted by molar-refractivity contribution is 7.17. The van der Waals surface area contributed by atoms with Gasteiger partial charge < -0.3 is 11.1 Å². The summed E-state index contributed by atoms with van der Waals surface area (Å²) in [6, 6.07) is 2.10. The van der Waals surface area contributed by atoms with Gasteiger partial charge in [-0.25, -0.2) is 4.98 Å². The summed E-state index contributed by atoms with van der Waals surface area (Å²) < 4.78 is 0. The Morgan fingerprint density at radius 1 is 1.56 bits per heavy atom. The predicted molar refractivity (Wildman–Crippen MR) is 76.1 cm³/mol. The third kappa shape index (κ3) is 2.70. The summed E-state index contributed by atoms with van der Waals surface area (Å²) in [5.41, 5.74) is 7.57. The van der Waals surface area contributed by atoms with Gasteiger partial charge in [-0.1, -0.05) is 18.3 Å². The normalized spacial score (nSPS) is 10.6. The molecule has 2 aromatic rings. The van der Waals surface area contributed by atoms with Gasteiger partial charge in [-0.2, -0.15) is 0 Å². The highest BCUT2D eigenvalue weighted by Gasteiger charge is 2.14. The average molecular weight is 281 g/mol. The number of nitrogens with two attached hydrogens (primary N) is 1. The van der Waals surface area contributed by atoms with E-state index in [1.54, 1.807) is 18.3 Å². The van der Waals surface area contributed by atoms with E-state index in [1.807, 2.05) is 0 Å². The number of thiophene rings is 1. The van der Waals surface area contributed by atoms with Gasteiger partial charge in [0.1, 0.15) is 4.88 Å². The van der Waals surface area contributed by atoms with Crippen LogP contribution in [0.15, 0.2) is 11.4 Å². The van der Waals surface area contributed by atoms with Crippen molar-refractivity contribution < 1.29 is 4.79 Å². The topological polar surface area (TPSA) is 68.0 Å². The molecule has 0 bridgehead atoms. The van der Waals surface area contributed by atoms with E-state index in [4.69, 9.17) is 5.73 Å². The number of hydrogen-bond acceptors (Lipinski definition) is 5. The molecular formula is C12H15N3OS2. The van der Waals surface area contributed by atoms with E-state index in [1.165, 1.54) is 21.8 Å². The van der Waals surface area contributed by atoms with Gasteiger partial charge in [0.2, 0.25) is 0 Å². The number of aromatic nitrogens is 1. The van der Waals surface area contributed by atoms with E-state index in [-0.39, 0.29) is 5.91 Å². The largest absolute Gasteiger partial charge is 0.375 e. The quantitative estimate of drug-likeness (QED) is 0.905. The lowest BCUT2D eigenvalue weighted by Crippen LogP contribution is -2.22. The lowest BCUT2D eigenvalue weighted by atomic mass is 10.2. The Balaban J connectivity index is 2.03. The Morgan fingerprint density at radius 2 is 2.33 bits per heavy atom. The van der Waals surface area contributed by atoms with Crippen LogP contribution in [0.5, 0.6) is 0 Å². The maximum Gasteiger partial charge on any atom is 0.263 e. The van der Waals surface area contributed by atoms with Gasteiger partial charge in [0, 0.05) is 4.88 Å². The number of nitrogens with one attached hydrogen (secondary N) is 1. The van der Waals surface area contributed by atoms with Crippen molar-refractivity contribution in [3.8, 4) is 0 Å². The molecule has 2 heterocycles. The van der Waals surface area contributed by atoms with Crippen molar-refractivity contribution >= 4 is 33.7 Å². The first-order valence-corrected chi connectivity index (χ1v) is 7.37. The number of rotatable bonds is 4. The highest BCUT2D eigenvalue weighted by Crippen LogP contribution is 2.20. The van der Waals surface area contributed by atoms with Crippen molar-refractivity contribution in [2.24, 2.45) is 0 Å². The van der Waals surface area contributed by atoms with Crippen LogP contribution in [0.25, 0.3) is 0 Å². The Kier molecular flexibility index (Phi) is 3.98. The average Bonchev–Trinajstić information content (AvgIpc) is 2.92. The van der Waals surface area contributed by atoms with Crippen molar-refractivity contribution in [3.05, 3.63) is 32.5 Å². The first-order chi connectivity index (χ1) is 8.61. The Labute approximate surface area is 114 Å². The summed E-state index contributed by atoms with van der Waals surface area (Å²) in [4.78, 5) is 17.8. The summed E-state index contributed by atoms with van der Waals surface area (Å²) >= 11 is 2.90. The van der Waals surface area contributed by atoms with E-state index in [2.05, 4.69) is 28.7 Å². The van der Waals surface area contributed by atoms with Gasteiger partial charge in [0.05, 0.1) is 12.2 Å². The number of thiazole rings is 1. The van der Waals surface area contributed by atoms with Gasteiger partial charge in [0.25, 0.3) is 5.91 Å². The monoisotopic (exact) mass is 281 g/mol. The molecule has 3 N–H and O–H groups in total. The number of carbonyl (C=O) groups is 1. The molecule has 0 aliphatic carbocycles. The molecule has 18 heavy (non-hydrogen) atoms. The first-order valence-electron chi connectivity index (χ1n) is 5.68. The summed E-state index contributed by atoms with van der Waals surface area (Å²) in [7, 11) is 0. The van der Waals surface area contributed by atoms with Crippen LogP contribution in [0, 0.1) is 6.92 Å². The molecule has 2 rings (SSSR count). The summed E-state index contributed by atoms with van der Waals surface area (Å²) in [6.07, 6.45) is 0.987. The maximum absolute atomic E-state index is 12.0. The minimum atomic E-state index is -0.0999. The van der Waals surface area contributed by atoms with E-state index < -0.39 is 0 Å². The van der Waals surface area contributed by atoms with Crippen molar-refractivity contribution in [2.75, 3.05) is 5.73 Å².